The largest absolute Gasteiger partial charge is 0.481 e. The first kappa shape index (κ1) is 14.8. The second-order valence-electron chi connectivity index (χ2n) is 4.45. The van der Waals surface area contributed by atoms with Crippen LogP contribution in [-0.2, 0) is 19.2 Å². The van der Waals surface area contributed by atoms with Gasteiger partial charge in [0.25, 0.3) is 0 Å². The molecule has 1 aromatic rings. The molecule has 1 atom stereocenters. The van der Waals surface area contributed by atoms with E-state index in [0.29, 0.717) is 23.4 Å². The molecular formula is C14H15NO6. The van der Waals surface area contributed by atoms with Gasteiger partial charge in [-0.25, -0.2) is 4.79 Å². The van der Waals surface area contributed by atoms with Crippen LogP contribution in [0.25, 0.3) is 0 Å². The van der Waals surface area contributed by atoms with E-state index in [1.807, 2.05) is 0 Å². The van der Waals surface area contributed by atoms with Crippen molar-refractivity contribution in [2.45, 2.75) is 19.4 Å². The van der Waals surface area contributed by atoms with Crippen LogP contribution in [0.1, 0.15) is 18.9 Å². The molecule has 0 aromatic heterocycles. The lowest BCUT2D eigenvalue weighted by Gasteiger charge is -2.09. The Labute approximate surface area is 121 Å². The molecule has 1 N–H and O–H groups in total. The zero-order chi connectivity index (χ0) is 15.2. The van der Waals surface area contributed by atoms with E-state index >= 15 is 0 Å². The fourth-order valence-corrected chi connectivity index (χ4v) is 1.86. The molecule has 112 valence electrons. The average Bonchev–Trinajstić information content (AvgIpc) is 2.92. The number of ether oxygens (including phenoxy) is 2. The summed E-state index contributed by atoms with van der Waals surface area (Å²) in [6, 6.07) is 6.98. The van der Waals surface area contributed by atoms with Gasteiger partial charge in [0.2, 0.25) is 0 Å². The number of carbonyl (C=O) groups is 2. The smallest absolute Gasteiger partial charge is 0.341 e. The third-order valence-electron chi connectivity index (χ3n) is 2.75. The van der Waals surface area contributed by atoms with Gasteiger partial charge in [0.15, 0.2) is 12.7 Å². The molecule has 0 bridgehead atoms. The number of hydrogen-bond donors (Lipinski definition) is 1. The number of carboxylic acid groups (broad SMARTS) is 1. The lowest BCUT2D eigenvalue weighted by atomic mass is 10.0. The van der Waals surface area contributed by atoms with Crippen LogP contribution in [0.5, 0.6) is 5.75 Å². The van der Waals surface area contributed by atoms with Gasteiger partial charge in [0, 0.05) is 18.9 Å². The maximum absolute atomic E-state index is 10.8. The van der Waals surface area contributed by atoms with E-state index in [9.17, 15) is 9.59 Å². The predicted octanol–water partition coefficient (Wildman–Crippen LogP) is 1.21. The zero-order valence-corrected chi connectivity index (χ0v) is 11.4. The number of carbonyl (C=O) groups excluding carboxylic acids is 1. The van der Waals surface area contributed by atoms with Gasteiger partial charge in [-0.3, -0.25) is 4.79 Å². The molecule has 2 rings (SSSR count). The van der Waals surface area contributed by atoms with Gasteiger partial charge in [0.05, 0.1) is 5.71 Å². The summed E-state index contributed by atoms with van der Waals surface area (Å²) in [6.45, 7) is 1.02. The van der Waals surface area contributed by atoms with E-state index in [4.69, 9.17) is 19.4 Å². The minimum atomic E-state index is -1.05. The molecule has 1 heterocycles. The predicted molar refractivity (Wildman–Crippen MR) is 72.2 cm³/mol. The van der Waals surface area contributed by atoms with Gasteiger partial charge in [-0.2, -0.15) is 0 Å². The van der Waals surface area contributed by atoms with Crippen molar-refractivity contribution in [2.75, 3.05) is 13.2 Å². The van der Waals surface area contributed by atoms with E-state index in [0.717, 1.165) is 0 Å². The highest BCUT2D eigenvalue weighted by molar-refractivity contribution is 6.03. The van der Waals surface area contributed by atoms with Crippen molar-refractivity contribution in [1.29, 1.82) is 0 Å². The van der Waals surface area contributed by atoms with Crippen molar-refractivity contribution >= 4 is 17.7 Å². The number of rotatable bonds is 6. The van der Waals surface area contributed by atoms with Crippen LogP contribution < -0.4 is 4.74 Å². The van der Waals surface area contributed by atoms with Crippen molar-refractivity contribution in [1.82, 2.24) is 0 Å². The van der Waals surface area contributed by atoms with Crippen molar-refractivity contribution in [3.63, 3.8) is 0 Å². The summed E-state index contributed by atoms with van der Waals surface area (Å²) < 4.78 is 10.1. The molecule has 0 fully saturated rings. The third kappa shape index (κ3) is 4.20. The minimum absolute atomic E-state index is 0.125. The van der Waals surface area contributed by atoms with E-state index < -0.39 is 12.6 Å². The van der Waals surface area contributed by atoms with E-state index in [1.165, 1.54) is 6.92 Å². The average molecular weight is 293 g/mol. The van der Waals surface area contributed by atoms with Gasteiger partial charge >= 0.3 is 11.9 Å². The lowest BCUT2D eigenvalue weighted by molar-refractivity contribution is -0.144. The highest BCUT2D eigenvalue weighted by Crippen LogP contribution is 2.24. The Hall–Kier alpha value is -2.57. The van der Waals surface area contributed by atoms with Crippen molar-refractivity contribution in [3.8, 4) is 5.75 Å². The summed E-state index contributed by atoms with van der Waals surface area (Å²) in [6.07, 6.45) is 0.122. The Bertz CT molecular complexity index is 568. The molecule has 0 spiro atoms. The number of hydrogen-bond acceptors (Lipinski definition) is 6. The van der Waals surface area contributed by atoms with E-state index in [2.05, 4.69) is 5.16 Å². The van der Waals surface area contributed by atoms with E-state index in [-0.39, 0.29) is 18.7 Å². The number of oxime groups is 1. The summed E-state index contributed by atoms with van der Waals surface area (Å²) in [5, 5.41) is 12.6. The number of aliphatic carboxylic acids is 1. The monoisotopic (exact) mass is 293 g/mol. The topological polar surface area (TPSA) is 94.4 Å². The molecule has 0 amide bonds. The molecule has 0 saturated carbocycles. The first-order valence-corrected chi connectivity index (χ1v) is 6.36. The second-order valence-corrected chi connectivity index (χ2v) is 4.45. The van der Waals surface area contributed by atoms with Crippen LogP contribution in [0, 0.1) is 0 Å². The van der Waals surface area contributed by atoms with Crippen LogP contribution in [0.3, 0.4) is 0 Å². The van der Waals surface area contributed by atoms with E-state index in [1.54, 1.807) is 24.3 Å². The number of carboxylic acids is 1. The molecule has 7 heteroatoms. The first-order chi connectivity index (χ1) is 10.1. The van der Waals surface area contributed by atoms with Gasteiger partial charge in [-0.15, -0.1) is 0 Å². The van der Waals surface area contributed by atoms with Crippen LogP contribution >= 0.6 is 0 Å². The molecular weight excluding hydrogens is 278 g/mol. The molecule has 0 radical (unpaired) electrons. The SMILES string of the molecule is CC(=O)OCC1CC(c2ccccc2OCC(=O)O)=NO1. The summed E-state index contributed by atoms with van der Waals surface area (Å²) in [7, 11) is 0. The highest BCUT2D eigenvalue weighted by atomic mass is 16.7. The maximum atomic E-state index is 10.8. The van der Waals surface area contributed by atoms with Crippen molar-refractivity contribution in [2.24, 2.45) is 5.16 Å². The van der Waals surface area contributed by atoms with Gasteiger partial charge in [-0.05, 0) is 12.1 Å². The number of nitrogens with zero attached hydrogens (tertiary/aromatic N) is 1. The maximum Gasteiger partial charge on any atom is 0.341 e. The summed E-state index contributed by atoms with van der Waals surface area (Å²) in [5.74, 6) is -1.00. The molecule has 1 aliphatic heterocycles. The first-order valence-electron chi connectivity index (χ1n) is 6.36. The molecule has 7 nitrogen and oxygen atoms in total. The van der Waals surface area contributed by atoms with Crippen LogP contribution in [-0.4, -0.2) is 42.1 Å². The molecule has 0 saturated heterocycles. The third-order valence-corrected chi connectivity index (χ3v) is 2.75. The fourth-order valence-electron chi connectivity index (χ4n) is 1.86. The summed E-state index contributed by atoms with van der Waals surface area (Å²) in [4.78, 5) is 26.5. The Morgan fingerprint density at radius 2 is 2.19 bits per heavy atom. The molecule has 1 aliphatic rings. The standard InChI is InChI=1S/C14H15NO6/c1-9(16)19-7-10-6-12(15-21-10)11-4-2-3-5-13(11)20-8-14(17)18/h2-5,10H,6-8H2,1H3,(H,17,18). The van der Waals surface area contributed by atoms with Crippen LogP contribution in [0.15, 0.2) is 29.4 Å². The van der Waals surface area contributed by atoms with Crippen LogP contribution in [0.2, 0.25) is 0 Å². The molecule has 0 aliphatic carbocycles. The molecule has 1 aromatic carbocycles. The zero-order valence-electron chi connectivity index (χ0n) is 11.4. The quantitative estimate of drug-likeness (QED) is 0.792. The fraction of sp³-hybridized carbons (Fsp3) is 0.357. The minimum Gasteiger partial charge on any atom is -0.481 e. The lowest BCUT2D eigenvalue weighted by Crippen LogP contribution is -2.18. The summed E-state index contributed by atoms with van der Waals surface area (Å²) in [5.41, 5.74) is 1.30. The Balaban J connectivity index is 2.02. The molecule has 1 unspecified atom stereocenters. The summed E-state index contributed by atoms with van der Waals surface area (Å²) >= 11 is 0. The van der Waals surface area contributed by atoms with Gasteiger partial charge in [-0.1, -0.05) is 17.3 Å². The highest BCUT2D eigenvalue weighted by Gasteiger charge is 2.25. The van der Waals surface area contributed by atoms with Crippen molar-refractivity contribution < 1.29 is 29.0 Å². The number of esters is 1. The Morgan fingerprint density at radius 3 is 2.90 bits per heavy atom. The Kier molecular flexibility index (Phi) is 4.76. The van der Waals surface area contributed by atoms with Crippen LogP contribution in [0.4, 0.5) is 0 Å². The Morgan fingerprint density at radius 1 is 1.43 bits per heavy atom. The van der Waals surface area contributed by atoms with Crippen molar-refractivity contribution in [3.05, 3.63) is 29.8 Å². The normalized spacial score (nSPS) is 16.8. The molecule has 21 heavy (non-hydrogen) atoms. The second kappa shape index (κ2) is 6.74. The van der Waals surface area contributed by atoms with Gasteiger partial charge in [0.1, 0.15) is 12.4 Å². The number of para-hydroxylation sites is 1. The van der Waals surface area contributed by atoms with Gasteiger partial charge < -0.3 is 19.4 Å². The number of benzene rings is 1.